The van der Waals surface area contributed by atoms with E-state index in [9.17, 15) is 0 Å². The molecule has 0 aliphatic heterocycles. The maximum atomic E-state index is 5.17. The molecule has 0 aliphatic carbocycles. The van der Waals surface area contributed by atoms with Crippen LogP contribution in [-0.4, -0.2) is 52.8 Å². The Morgan fingerprint density at radius 3 is 1.37 bits per heavy atom. The summed E-state index contributed by atoms with van der Waals surface area (Å²) in [5.41, 5.74) is 3.98. The van der Waals surface area contributed by atoms with Crippen molar-refractivity contribution in [2.45, 2.75) is 11.5 Å². The Morgan fingerprint density at radius 1 is 0.579 bits per heavy atom. The molecule has 10 heteroatoms. The Balaban J connectivity index is 0.00000294. The van der Waals surface area contributed by atoms with Gasteiger partial charge >= 0.3 is 239 Å². The molecular weight excluding hydrogens is 716 g/mol. The van der Waals surface area contributed by atoms with Gasteiger partial charge in [0.05, 0.1) is 0 Å². The van der Waals surface area contributed by atoms with Crippen molar-refractivity contribution in [1.82, 2.24) is 39.5 Å². The van der Waals surface area contributed by atoms with Crippen LogP contribution in [0.2, 0.25) is 11.5 Å². The van der Waals surface area contributed by atoms with Crippen molar-refractivity contribution in [1.29, 1.82) is 0 Å². The van der Waals surface area contributed by atoms with E-state index in [1.54, 1.807) is 58.7 Å². The molecule has 0 saturated heterocycles. The number of aromatic nitrogens is 8. The second-order valence-corrected chi connectivity index (χ2v) is 17.9. The predicted molar refractivity (Wildman–Crippen MR) is 144 cm³/mol. The average Bonchev–Trinajstić information content (AvgIpc) is 3.69. The topological polar surface area (TPSA) is 87.2 Å². The van der Waals surface area contributed by atoms with E-state index in [1.807, 2.05) is 24.3 Å². The Kier molecular flexibility index (Phi) is 7.44. The van der Waals surface area contributed by atoms with Crippen LogP contribution in [0.5, 0.6) is 0 Å². The van der Waals surface area contributed by atoms with Crippen molar-refractivity contribution < 1.29 is 21.1 Å². The molecule has 0 aliphatic rings. The van der Waals surface area contributed by atoms with Gasteiger partial charge in [0.25, 0.3) is 0 Å². The summed E-state index contributed by atoms with van der Waals surface area (Å²) in [6, 6.07) is 19.9. The normalized spacial score (nSPS) is 11.2. The SMILES string of the molecule is [CH3][Ge]([CH3])([c]1ccc(-c2ccncc2)c(-n2[c-]ccn2)n1)[c]1ccc(-c2ccncc2)c(-n2[c-]ccn2)n1.[Pt+2]. The van der Waals surface area contributed by atoms with E-state index >= 15 is 0 Å². The largest absolute Gasteiger partial charge is 2.00 e. The molecule has 0 atom stereocenters. The van der Waals surface area contributed by atoms with Crippen molar-refractivity contribution in [2.24, 2.45) is 0 Å². The van der Waals surface area contributed by atoms with Crippen LogP contribution in [0.3, 0.4) is 0 Å². The number of pyridine rings is 4. The van der Waals surface area contributed by atoms with Crippen molar-refractivity contribution in [3.05, 3.63) is 110 Å². The molecule has 6 heterocycles. The first kappa shape index (κ1) is 25.9. The van der Waals surface area contributed by atoms with E-state index in [0.29, 0.717) is 0 Å². The zero-order chi connectivity index (χ0) is 25.2. The van der Waals surface area contributed by atoms with Crippen LogP contribution in [0.25, 0.3) is 33.9 Å². The molecule has 0 radical (unpaired) electrons. The standard InChI is InChI=1S/C28H22GeN8.Pt/c1-29(2,25-7-5-23(21-9-15-30-16-10-21)27(34-25)36-19-3-13-32-36)26-8-6-24(22-11-17-31-18-12-22)28(35-26)37-20-4-14-33-37;/h3-18H,1-2H3;/q-2;+2. The van der Waals surface area contributed by atoms with Gasteiger partial charge in [-0.1, -0.05) is 0 Å². The molecule has 0 fully saturated rings. The zero-order valence-electron chi connectivity index (χ0n) is 20.6. The first-order chi connectivity index (χ1) is 18.1. The Hall–Kier alpha value is -3.75. The minimum absolute atomic E-state index is 0. The third kappa shape index (κ3) is 4.89. The molecule has 6 rings (SSSR count). The molecule has 6 aromatic heterocycles. The molecule has 0 aromatic carbocycles. The van der Waals surface area contributed by atoms with Crippen LogP contribution in [0.4, 0.5) is 0 Å². The number of hydrogen-bond donors (Lipinski definition) is 0. The first-order valence-corrected chi connectivity index (χ1v) is 18.1. The summed E-state index contributed by atoms with van der Waals surface area (Å²) < 4.78 is 5.47. The van der Waals surface area contributed by atoms with Gasteiger partial charge in [-0.2, -0.15) is 0 Å². The van der Waals surface area contributed by atoms with Crippen LogP contribution in [-0.2, 0) is 21.1 Å². The van der Waals surface area contributed by atoms with Gasteiger partial charge in [-0.25, -0.2) is 0 Å². The second-order valence-electron chi connectivity index (χ2n) is 8.98. The van der Waals surface area contributed by atoms with Gasteiger partial charge in [0.1, 0.15) is 0 Å². The van der Waals surface area contributed by atoms with Gasteiger partial charge in [-0.05, 0) is 0 Å². The Morgan fingerprint density at radius 2 is 1.00 bits per heavy atom. The molecule has 38 heavy (non-hydrogen) atoms. The Bertz CT molecular complexity index is 1510. The smallest absolute Gasteiger partial charge is 2.00 e. The maximum absolute atomic E-state index is 5.17. The maximum Gasteiger partial charge on any atom is 2.00 e. The summed E-state index contributed by atoms with van der Waals surface area (Å²) >= 11 is -2.98. The second kappa shape index (κ2) is 10.9. The molecule has 6 aromatic rings. The monoisotopic (exact) mass is 739 g/mol. The van der Waals surface area contributed by atoms with Crippen LogP contribution >= 0.6 is 0 Å². The van der Waals surface area contributed by atoms with Crippen molar-refractivity contribution in [2.75, 3.05) is 0 Å². The molecule has 0 bridgehead atoms. The minimum Gasteiger partial charge on any atom is 2.00 e. The summed E-state index contributed by atoms with van der Waals surface area (Å²) in [4.78, 5) is 18.6. The van der Waals surface area contributed by atoms with Gasteiger partial charge in [0.2, 0.25) is 0 Å². The molecule has 0 amide bonds. The van der Waals surface area contributed by atoms with E-state index in [2.05, 4.69) is 68.3 Å². The fourth-order valence-corrected chi connectivity index (χ4v) is 8.53. The Labute approximate surface area is 237 Å². The van der Waals surface area contributed by atoms with Crippen LogP contribution in [0, 0.1) is 12.4 Å². The minimum atomic E-state index is -2.98. The van der Waals surface area contributed by atoms with Crippen molar-refractivity contribution in [3.63, 3.8) is 0 Å². The average molecular weight is 738 g/mol. The quantitative estimate of drug-likeness (QED) is 0.193. The third-order valence-corrected chi connectivity index (χ3v) is 12.9. The molecule has 0 unspecified atom stereocenters. The summed E-state index contributed by atoms with van der Waals surface area (Å²) in [6.45, 7) is 0. The van der Waals surface area contributed by atoms with Gasteiger partial charge in [-0.15, -0.1) is 0 Å². The molecule has 0 saturated carbocycles. The summed E-state index contributed by atoms with van der Waals surface area (Å²) in [5, 5.41) is 8.86. The number of hydrogen-bond acceptors (Lipinski definition) is 6. The summed E-state index contributed by atoms with van der Waals surface area (Å²) in [6.07, 6.45) is 16.8. The first-order valence-electron chi connectivity index (χ1n) is 11.8. The molecule has 188 valence electrons. The molecule has 8 nitrogen and oxygen atoms in total. The summed E-state index contributed by atoms with van der Waals surface area (Å²) in [7, 11) is 0. The van der Waals surface area contributed by atoms with E-state index in [1.165, 1.54) is 0 Å². The predicted octanol–water partition coefficient (Wildman–Crippen LogP) is 3.39. The molecular formula is C28H22GeN8Pt. The fourth-order valence-electron chi connectivity index (χ4n) is 4.27. The van der Waals surface area contributed by atoms with Gasteiger partial charge in [0.15, 0.2) is 0 Å². The van der Waals surface area contributed by atoms with Crippen LogP contribution < -0.4 is 9.05 Å². The fraction of sp³-hybridized carbons (Fsp3) is 0.0714. The van der Waals surface area contributed by atoms with E-state index in [4.69, 9.17) is 9.97 Å². The van der Waals surface area contributed by atoms with Crippen LogP contribution in [0.1, 0.15) is 0 Å². The van der Waals surface area contributed by atoms with E-state index in [0.717, 1.165) is 42.9 Å². The number of nitrogens with zero attached hydrogens (tertiary/aromatic N) is 8. The van der Waals surface area contributed by atoms with Crippen molar-refractivity contribution in [3.8, 4) is 33.9 Å². The van der Waals surface area contributed by atoms with E-state index < -0.39 is 13.3 Å². The van der Waals surface area contributed by atoms with Gasteiger partial charge in [-0.3, -0.25) is 0 Å². The summed E-state index contributed by atoms with van der Waals surface area (Å²) in [5.74, 6) is 6.08. The zero-order valence-corrected chi connectivity index (χ0v) is 25.0. The third-order valence-electron chi connectivity index (χ3n) is 6.32. The van der Waals surface area contributed by atoms with Crippen molar-refractivity contribution >= 4 is 22.3 Å². The molecule has 0 N–H and O–H groups in total. The number of rotatable bonds is 6. The van der Waals surface area contributed by atoms with Crippen LogP contribution in [0.15, 0.2) is 97.8 Å². The van der Waals surface area contributed by atoms with E-state index in [-0.39, 0.29) is 21.1 Å². The van der Waals surface area contributed by atoms with Gasteiger partial charge < -0.3 is 0 Å². The molecule has 0 spiro atoms. The van der Waals surface area contributed by atoms with Gasteiger partial charge in [0, 0.05) is 0 Å².